The summed E-state index contributed by atoms with van der Waals surface area (Å²) in [5.41, 5.74) is 6.75. The third-order valence-corrected chi connectivity index (χ3v) is 3.98. The average Bonchev–Trinajstić information content (AvgIpc) is 2.88. The predicted octanol–water partition coefficient (Wildman–Crippen LogP) is 1.72. The van der Waals surface area contributed by atoms with Gasteiger partial charge in [0.1, 0.15) is 6.04 Å². The molecule has 2 N–H and O–H groups in total. The van der Waals surface area contributed by atoms with Crippen LogP contribution in [0, 0.1) is 0 Å². The molecular weight excluding hydrogens is 322 g/mol. The molecule has 0 saturated carbocycles. The van der Waals surface area contributed by atoms with Gasteiger partial charge < -0.3 is 15.5 Å². The zero-order valence-corrected chi connectivity index (χ0v) is 13.2. The number of benzene rings is 1. The van der Waals surface area contributed by atoms with Crippen molar-refractivity contribution in [1.82, 2.24) is 9.80 Å². The van der Waals surface area contributed by atoms with E-state index in [-0.39, 0.29) is 17.9 Å². The van der Waals surface area contributed by atoms with Crippen molar-refractivity contribution in [1.29, 1.82) is 0 Å². The predicted molar refractivity (Wildman–Crippen MR) is 81.3 cm³/mol. The number of anilines is 1. The van der Waals surface area contributed by atoms with Crippen molar-refractivity contribution in [3.8, 4) is 0 Å². The fourth-order valence-electron chi connectivity index (χ4n) is 2.43. The maximum absolute atomic E-state index is 12.6. The summed E-state index contributed by atoms with van der Waals surface area (Å²) in [6.45, 7) is 0.592. The first-order valence-corrected chi connectivity index (χ1v) is 7.28. The molecule has 6 heteroatoms. The third kappa shape index (κ3) is 2.80. The molecule has 1 aromatic rings. The highest BCUT2D eigenvalue weighted by molar-refractivity contribution is 9.10. The van der Waals surface area contributed by atoms with Crippen molar-refractivity contribution in [2.45, 2.75) is 18.9 Å². The molecule has 1 atom stereocenters. The molecule has 20 heavy (non-hydrogen) atoms. The average molecular weight is 340 g/mol. The number of rotatable bonds is 2. The third-order valence-electron chi connectivity index (χ3n) is 3.49. The quantitative estimate of drug-likeness (QED) is 0.834. The Balaban J connectivity index is 2.28. The monoisotopic (exact) mass is 339 g/mol. The molecule has 1 aromatic carbocycles. The van der Waals surface area contributed by atoms with Crippen molar-refractivity contribution in [2.75, 3.05) is 26.4 Å². The molecule has 1 heterocycles. The first kappa shape index (κ1) is 14.8. The molecule has 1 aliphatic heterocycles. The summed E-state index contributed by atoms with van der Waals surface area (Å²) in [6, 6.07) is 4.80. The van der Waals surface area contributed by atoms with Gasteiger partial charge in [0.15, 0.2) is 0 Å². The fraction of sp³-hybridized carbons (Fsp3) is 0.429. The normalized spacial score (nSPS) is 18.1. The fourth-order valence-corrected chi connectivity index (χ4v) is 2.79. The number of nitrogen functional groups attached to an aromatic ring is 1. The van der Waals surface area contributed by atoms with Crippen LogP contribution in [0.25, 0.3) is 0 Å². The number of nitrogens with two attached hydrogens (primary N) is 1. The van der Waals surface area contributed by atoms with Crippen LogP contribution in [-0.2, 0) is 4.79 Å². The number of carbonyl (C=O) groups excluding carboxylic acids is 2. The molecule has 2 rings (SSSR count). The van der Waals surface area contributed by atoms with Crippen molar-refractivity contribution in [3.63, 3.8) is 0 Å². The van der Waals surface area contributed by atoms with E-state index in [0.717, 1.165) is 10.9 Å². The second kappa shape index (κ2) is 5.83. The smallest absolute Gasteiger partial charge is 0.256 e. The van der Waals surface area contributed by atoms with E-state index in [1.165, 1.54) is 4.90 Å². The van der Waals surface area contributed by atoms with Gasteiger partial charge in [-0.1, -0.05) is 15.9 Å². The zero-order chi connectivity index (χ0) is 14.9. The van der Waals surface area contributed by atoms with Crippen molar-refractivity contribution >= 4 is 33.4 Å². The van der Waals surface area contributed by atoms with Gasteiger partial charge in [-0.25, -0.2) is 0 Å². The summed E-state index contributed by atoms with van der Waals surface area (Å²) in [6.07, 6.45) is 1.54. The minimum atomic E-state index is -0.379. The lowest BCUT2D eigenvalue weighted by Gasteiger charge is -2.26. The molecule has 0 aromatic heterocycles. The topological polar surface area (TPSA) is 66.6 Å². The summed E-state index contributed by atoms with van der Waals surface area (Å²) >= 11 is 3.34. The molecule has 1 aliphatic rings. The van der Waals surface area contributed by atoms with Gasteiger partial charge in [0.2, 0.25) is 5.91 Å². The van der Waals surface area contributed by atoms with Crippen LogP contribution in [0.4, 0.5) is 5.69 Å². The number of likely N-dealkylation sites (tertiary alicyclic amines) is 1. The molecule has 1 saturated heterocycles. The minimum Gasteiger partial charge on any atom is -0.398 e. The SMILES string of the molecule is CN(C)C(=O)C1CCCN1C(=O)c1cc(Br)ccc1N. The minimum absolute atomic E-state index is 0.0376. The van der Waals surface area contributed by atoms with Crippen LogP contribution in [-0.4, -0.2) is 48.3 Å². The van der Waals surface area contributed by atoms with Gasteiger partial charge >= 0.3 is 0 Å². The van der Waals surface area contributed by atoms with Gasteiger partial charge in [-0.3, -0.25) is 9.59 Å². The van der Waals surface area contributed by atoms with Gasteiger partial charge in [0, 0.05) is 30.8 Å². The van der Waals surface area contributed by atoms with Crippen LogP contribution < -0.4 is 5.73 Å². The number of likely N-dealkylation sites (N-methyl/N-ethyl adjacent to an activating group) is 1. The van der Waals surface area contributed by atoms with Crippen molar-refractivity contribution in [2.24, 2.45) is 0 Å². The van der Waals surface area contributed by atoms with E-state index in [2.05, 4.69) is 15.9 Å². The second-order valence-corrected chi connectivity index (χ2v) is 6.04. The largest absolute Gasteiger partial charge is 0.398 e. The summed E-state index contributed by atoms with van der Waals surface area (Å²) in [5.74, 6) is -0.217. The van der Waals surface area contributed by atoms with Crippen LogP contribution in [0.3, 0.4) is 0 Å². The Kier molecular flexibility index (Phi) is 4.32. The summed E-state index contributed by atoms with van der Waals surface area (Å²) in [7, 11) is 3.41. The number of carbonyl (C=O) groups is 2. The standard InChI is InChI=1S/C14H18BrN3O2/c1-17(2)14(20)12-4-3-7-18(12)13(19)10-8-9(15)5-6-11(10)16/h5-6,8,12H,3-4,7,16H2,1-2H3. The molecule has 0 spiro atoms. The highest BCUT2D eigenvalue weighted by Crippen LogP contribution is 2.25. The lowest BCUT2D eigenvalue weighted by molar-refractivity contribution is -0.132. The van der Waals surface area contributed by atoms with Gasteiger partial charge in [-0.05, 0) is 31.0 Å². The van der Waals surface area contributed by atoms with Gasteiger partial charge in [-0.15, -0.1) is 0 Å². The molecule has 5 nitrogen and oxygen atoms in total. The van der Waals surface area contributed by atoms with Crippen LogP contribution in [0.15, 0.2) is 22.7 Å². The first-order chi connectivity index (χ1) is 9.41. The van der Waals surface area contributed by atoms with E-state index >= 15 is 0 Å². The maximum Gasteiger partial charge on any atom is 0.256 e. The summed E-state index contributed by atoms with van der Waals surface area (Å²) in [4.78, 5) is 27.9. The second-order valence-electron chi connectivity index (χ2n) is 5.12. The number of hydrogen-bond donors (Lipinski definition) is 1. The van der Waals surface area contributed by atoms with E-state index in [1.807, 2.05) is 0 Å². The Bertz CT molecular complexity index is 545. The van der Waals surface area contributed by atoms with E-state index in [9.17, 15) is 9.59 Å². The van der Waals surface area contributed by atoms with Gasteiger partial charge in [-0.2, -0.15) is 0 Å². The maximum atomic E-state index is 12.6. The number of halogens is 1. The van der Waals surface area contributed by atoms with Crippen LogP contribution >= 0.6 is 15.9 Å². The van der Waals surface area contributed by atoms with Crippen molar-refractivity contribution < 1.29 is 9.59 Å². The number of amides is 2. The highest BCUT2D eigenvalue weighted by atomic mass is 79.9. The zero-order valence-electron chi connectivity index (χ0n) is 11.6. The number of hydrogen-bond acceptors (Lipinski definition) is 3. The van der Waals surface area contributed by atoms with Gasteiger partial charge in [0.05, 0.1) is 5.56 Å². The Labute approximate surface area is 126 Å². The van der Waals surface area contributed by atoms with Gasteiger partial charge in [0.25, 0.3) is 5.91 Å². The van der Waals surface area contributed by atoms with Crippen LogP contribution in [0.1, 0.15) is 23.2 Å². The number of nitrogens with zero attached hydrogens (tertiary/aromatic N) is 2. The summed E-state index contributed by atoms with van der Waals surface area (Å²) in [5, 5.41) is 0. The highest BCUT2D eigenvalue weighted by Gasteiger charge is 2.35. The summed E-state index contributed by atoms with van der Waals surface area (Å²) < 4.78 is 0.796. The van der Waals surface area contributed by atoms with E-state index < -0.39 is 0 Å². The lowest BCUT2D eigenvalue weighted by atomic mass is 10.1. The lowest BCUT2D eigenvalue weighted by Crippen LogP contribution is -2.45. The molecular formula is C14H18BrN3O2. The molecule has 0 aliphatic carbocycles. The first-order valence-electron chi connectivity index (χ1n) is 6.49. The molecule has 0 radical (unpaired) electrons. The molecule has 1 fully saturated rings. The van der Waals surface area contributed by atoms with Crippen molar-refractivity contribution in [3.05, 3.63) is 28.2 Å². The Morgan fingerprint density at radius 2 is 2.10 bits per heavy atom. The molecule has 108 valence electrons. The van der Waals surface area contributed by atoms with Crippen LogP contribution in [0.5, 0.6) is 0 Å². The van der Waals surface area contributed by atoms with E-state index in [4.69, 9.17) is 5.73 Å². The Morgan fingerprint density at radius 3 is 2.75 bits per heavy atom. The van der Waals surface area contributed by atoms with E-state index in [0.29, 0.717) is 24.2 Å². The molecule has 0 bridgehead atoms. The Morgan fingerprint density at radius 1 is 1.40 bits per heavy atom. The van der Waals surface area contributed by atoms with E-state index in [1.54, 1.807) is 37.2 Å². The molecule has 2 amide bonds. The molecule has 1 unspecified atom stereocenters. The van der Waals surface area contributed by atoms with Crippen LogP contribution in [0.2, 0.25) is 0 Å². The Hall–Kier alpha value is -1.56.